The zero-order valence-corrected chi connectivity index (χ0v) is 11.2. The van der Waals surface area contributed by atoms with Crippen molar-refractivity contribution in [3.63, 3.8) is 0 Å². The van der Waals surface area contributed by atoms with E-state index < -0.39 is 0 Å². The second kappa shape index (κ2) is 5.41. The Labute approximate surface area is 115 Å². The number of H-pyrrole nitrogens is 1. The number of nitrogens with zero attached hydrogens (tertiary/aromatic N) is 5. The Bertz CT molecular complexity index is 571. The van der Waals surface area contributed by atoms with Crippen LogP contribution in [-0.4, -0.2) is 62.0 Å². The second-order valence-electron chi connectivity index (χ2n) is 4.76. The Morgan fingerprint density at radius 1 is 1.40 bits per heavy atom. The quantitative estimate of drug-likeness (QED) is 0.852. The van der Waals surface area contributed by atoms with Crippen LogP contribution in [0.3, 0.4) is 0 Å². The van der Waals surface area contributed by atoms with E-state index in [-0.39, 0.29) is 5.91 Å². The summed E-state index contributed by atoms with van der Waals surface area (Å²) >= 11 is 0. The van der Waals surface area contributed by atoms with Crippen LogP contribution in [0.1, 0.15) is 22.2 Å². The number of aryl methyl sites for hydroxylation is 1. The Morgan fingerprint density at radius 3 is 2.80 bits per heavy atom. The fraction of sp³-hybridized carbons (Fsp3) is 0.500. The van der Waals surface area contributed by atoms with Gasteiger partial charge in [-0.2, -0.15) is 4.98 Å². The summed E-state index contributed by atoms with van der Waals surface area (Å²) < 4.78 is 4.95. The summed E-state index contributed by atoms with van der Waals surface area (Å²) in [5.41, 5.74) is 0.534. The predicted octanol–water partition coefficient (Wildman–Crippen LogP) is 0.0591. The van der Waals surface area contributed by atoms with Gasteiger partial charge >= 0.3 is 0 Å². The highest BCUT2D eigenvalue weighted by Crippen LogP contribution is 2.09. The third-order valence-corrected chi connectivity index (χ3v) is 3.32. The van der Waals surface area contributed by atoms with Gasteiger partial charge in [-0.3, -0.25) is 9.69 Å². The van der Waals surface area contributed by atoms with Gasteiger partial charge in [0.1, 0.15) is 5.69 Å². The van der Waals surface area contributed by atoms with Crippen molar-refractivity contribution in [3.05, 3.63) is 29.9 Å². The molecule has 1 N–H and O–H groups in total. The van der Waals surface area contributed by atoms with Gasteiger partial charge in [-0.05, 0) is 0 Å². The molecular weight excluding hydrogens is 260 g/mol. The molecule has 1 saturated heterocycles. The summed E-state index contributed by atoms with van der Waals surface area (Å²) in [5, 5.41) is 3.88. The molecule has 106 valence electrons. The SMILES string of the molecule is Cc1nc(CN2CCN(C(=O)c3cnc[nH]3)CC2)no1. The first kappa shape index (κ1) is 12.8. The van der Waals surface area contributed by atoms with Crippen LogP contribution in [0.25, 0.3) is 0 Å². The Hall–Kier alpha value is -2.22. The van der Waals surface area contributed by atoms with Gasteiger partial charge in [0.2, 0.25) is 5.89 Å². The van der Waals surface area contributed by atoms with Gasteiger partial charge in [-0.15, -0.1) is 0 Å². The summed E-state index contributed by atoms with van der Waals surface area (Å²) in [6, 6.07) is 0. The third-order valence-electron chi connectivity index (χ3n) is 3.32. The largest absolute Gasteiger partial charge is 0.341 e. The third kappa shape index (κ3) is 2.69. The van der Waals surface area contributed by atoms with Gasteiger partial charge in [0.15, 0.2) is 5.82 Å². The zero-order chi connectivity index (χ0) is 13.9. The number of imidazole rings is 1. The van der Waals surface area contributed by atoms with Gasteiger partial charge in [0.05, 0.1) is 19.1 Å². The number of piperazine rings is 1. The minimum Gasteiger partial charge on any atom is -0.341 e. The monoisotopic (exact) mass is 276 g/mol. The molecule has 0 atom stereocenters. The van der Waals surface area contributed by atoms with E-state index in [0.29, 0.717) is 37.0 Å². The minimum atomic E-state index is -0.00226. The average molecular weight is 276 g/mol. The van der Waals surface area contributed by atoms with Gasteiger partial charge in [-0.1, -0.05) is 5.16 Å². The molecule has 0 aromatic carbocycles. The Kier molecular flexibility index (Phi) is 3.46. The van der Waals surface area contributed by atoms with Crippen LogP contribution >= 0.6 is 0 Å². The van der Waals surface area contributed by atoms with E-state index >= 15 is 0 Å². The average Bonchev–Trinajstić information content (AvgIpc) is 3.11. The van der Waals surface area contributed by atoms with Crippen molar-refractivity contribution in [2.45, 2.75) is 13.5 Å². The lowest BCUT2D eigenvalue weighted by Crippen LogP contribution is -2.48. The molecule has 1 amide bonds. The fourth-order valence-corrected chi connectivity index (χ4v) is 2.26. The number of amides is 1. The van der Waals surface area contributed by atoms with E-state index in [4.69, 9.17) is 4.52 Å². The standard InChI is InChI=1S/C12H16N6O2/c1-9-15-11(16-20-9)7-17-2-4-18(5-3-17)12(19)10-6-13-8-14-10/h6,8H,2-5,7H2,1H3,(H,13,14). The molecular formula is C12H16N6O2. The first-order valence-electron chi connectivity index (χ1n) is 6.51. The molecule has 0 radical (unpaired) electrons. The number of aromatic nitrogens is 4. The zero-order valence-electron chi connectivity index (χ0n) is 11.2. The predicted molar refractivity (Wildman–Crippen MR) is 68.8 cm³/mol. The highest BCUT2D eigenvalue weighted by molar-refractivity contribution is 5.92. The molecule has 0 bridgehead atoms. The molecule has 0 saturated carbocycles. The van der Waals surface area contributed by atoms with Crippen LogP contribution in [0.5, 0.6) is 0 Å². The van der Waals surface area contributed by atoms with Crippen molar-refractivity contribution in [3.8, 4) is 0 Å². The maximum atomic E-state index is 12.1. The van der Waals surface area contributed by atoms with Gasteiger partial charge < -0.3 is 14.4 Å². The number of carbonyl (C=O) groups is 1. The molecule has 3 heterocycles. The van der Waals surface area contributed by atoms with E-state index in [9.17, 15) is 4.79 Å². The molecule has 8 nitrogen and oxygen atoms in total. The number of nitrogens with one attached hydrogen (secondary N) is 1. The van der Waals surface area contributed by atoms with Crippen molar-refractivity contribution < 1.29 is 9.32 Å². The minimum absolute atomic E-state index is 0.00226. The second-order valence-corrected chi connectivity index (χ2v) is 4.76. The van der Waals surface area contributed by atoms with Crippen molar-refractivity contribution in [2.24, 2.45) is 0 Å². The van der Waals surface area contributed by atoms with E-state index in [1.54, 1.807) is 13.1 Å². The van der Waals surface area contributed by atoms with Gasteiger partial charge in [0.25, 0.3) is 5.91 Å². The number of rotatable bonds is 3. The molecule has 1 aliphatic heterocycles. The first-order valence-corrected chi connectivity index (χ1v) is 6.51. The number of aromatic amines is 1. The number of carbonyl (C=O) groups excluding carboxylic acids is 1. The van der Waals surface area contributed by atoms with Crippen LogP contribution in [0.2, 0.25) is 0 Å². The molecule has 2 aromatic heterocycles. The summed E-state index contributed by atoms with van der Waals surface area (Å²) in [7, 11) is 0. The normalized spacial score (nSPS) is 16.6. The van der Waals surface area contributed by atoms with Crippen molar-refractivity contribution >= 4 is 5.91 Å². The Balaban J connectivity index is 1.53. The van der Waals surface area contributed by atoms with Crippen LogP contribution in [-0.2, 0) is 6.54 Å². The molecule has 3 rings (SSSR count). The van der Waals surface area contributed by atoms with Crippen molar-refractivity contribution in [1.82, 2.24) is 29.9 Å². The number of hydrogen-bond donors (Lipinski definition) is 1. The van der Waals surface area contributed by atoms with E-state index in [1.807, 2.05) is 4.90 Å². The molecule has 20 heavy (non-hydrogen) atoms. The topological polar surface area (TPSA) is 91.2 Å². The molecule has 2 aromatic rings. The Morgan fingerprint density at radius 2 is 2.20 bits per heavy atom. The fourth-order valence-electron chi connectivity index (χ4n) is 2.26. The lowest BCUT2D eigenvalue weighted by atomic mass is 10.3. The van der Waals surface area contributed by atoms with E-state index in [0.717, 1.165) is 13.1 Å². The van der Waals surface area contributed by atoms with Crippen LogP contribution in [0.4, 0.5) is 0 Å². The highest BCUT2D eigenvalue weighted by Gasteiger charge is 2.23. The maximum Gasteiger partial charge on any atom is 0.272 e. The number of hydrogen-bond acceptors (Lipinski definition) is 6. The van der Waals surface area contributed by atoms with Gasteiger partial charge in [0, 0.05) is 33.1 Å². The molecule has 1 fully saturated rings. The summed E-state index contributed by atoms with van der Waals surface area (Å²) in [5.74, 6) is 1.27. The van der Waals surface area contributed by atoms with Crippen LogP contribution < -0.4 is 0 Å². The van der Waals surface area contributed by atoms with Gasteiger partial charge in [-0.25, -0.2) is 4.98 Å². The molecule has 0 spiro atoms. The molecule has 0 aliphatic carbocycles. The smallest absolute Gasteiger partial charge is 0.272 e. The van der Waals surface area contributed by atoms with E-state index in [1.165, 1.54) is 6.33 Å². The van der Waals surface area contributed by atoms with Crippen LogP contribution in [0, 0.1) is 6.92 Å². The molecule has 0 unspecified atom stereocenters. The highest BCUT2D eigenvalue weighted by atomic mass is 16.5. The van der Waals surface area contributed by atoms with Crippen molar-refractivity contribution in [1.29, 1.82) is 0 Å². The summed E-state index contributed by atoms with van der Waals surface area (Å²) in [4.78, 5) is 27.1. The van der Waals surface area contributed by atoms with E-state index in [2.05, 4.69) is 25.0 Å². The lowest BCUT2D eigenvalue weighted by molar-refractivity contribution is 0.0619. The molecule has 8 heteroatoms. The lowest BCUT2D eigenvalue weighted by Gasteiger charge is -2.33. The summed E-state index contributed by atoms with van der Waals surface area (Å²) in [6.07, 6.45) is 3.07. The summed E-state index contributed by atoms with van der Waals surface area (Å²) in [6.45, 7) is 5.41. The van der Waals surface area contributed by atoms with Crippen molar-refractivity contribution in [2.75, 3.05) is 26.2 Å². The van der Waals surface area contributed by atoms with Crippen LogP contribution in [0.15, 0.2) is 17.0 Å². The maximum absolute atomic E-state index is 12.1. The molecule has 1 aliphatic rings. The first-order chi connectivity index (χ1) is 9.72.